The fourth-order valence-electron chi connectivity index (χ4n) is 0.946. The topological polar surface area (TPSA) is 35.5 Å². The Labute approximate surface area is 101 Å². The number of alkyl halides is 5. The van der Waals surface area contributed by atoms with Crippen LogP contribution in [0.25, 0.3) is 0 Å². The first-order valence-electron chi connectivity index (χ1n) is 4.95. The summed E-state index contributed by atoms with van der Waals surface area (Å²) in [5.41, 5.74) is 0. The zero-order valence-corrected chi connectivity index (χ0v) is 9.55. The van der Waals surface area contributed by atoms with Crippen molar-refractivity contribution in [2.45, 2.75) is 31.5 Å². The molecule has 3 unspecified atom stereocenters. The number of hydrogen-bond donors (Lipinski definition) is 0. The summed E-state index contributed by atoms with van der Waals surface area (Å²) in [6.07, 6.45) is -12.4. The van der Waals surface area contributed by atoms with Gasteiger partial charge in [0, 0.05) is 6.08 Å². The molecule has 0 bridgehead atoms. The first kappa shape index (κ1) is 16.8. The predicted octanol–water partition coefficient (Wildman–Crippen LogP) is 2.36. The molecule has 18 heavy (non-hydrogen) atoms. The highest BCUT2D eigenvalue weighted by molar-refractivity contribution is 5.81. The largest absolute Gasteiger partial charge is 0.460 e. The molecule has 3 atom stereocenters. The molecule has 0 heterocycles. The zero-order valence-electron chi connectivity index (χ0n) is 9.55. The Balaban J connectivity index is 3.98. The van der Waals surface area contributed by atoms with E-state index >= 15 is 0 Å². The molecule has 0 aliphatic carbocycles. The quantitative estimate of drug-likeness (QED) is 0.310. The van der Waals surface area contributed by atoms with Crippen molar-refractivity contribution in [3.05, 3.63) is 12.7 Å². The number of halogens is 5. The van der Waals surface area contributed by atoms with Crippen molar-refractivity contribution in [1.29, 1.82) is 0 Å². The lowest BCUT2D eigenvalue weighted by molar-refractivity contribution is -0.208. The van der Waals surface area contributed by atoms with Crippen LogP contribution in [0.5, 0.6) is 0 Å². The summed E-state index contributed by atoms with van der Waals surface area (Å²) in [7, 11) is 0. The fraction of sp³-hybridized carbons (Fsp3) is 0.700. The lowest BCUT2D eigenvalue weighted by atomic mass is 10.1. The summed E-state index contributed by atoms with van der Waals surface area (Å²) in [5, 5.41) is 0. The van der Waals surface area contributed by atoms with E-state index in [2.05, 4.69) is 16.1 Å². The summed E-state index contributed by atoms with van der Waals surface area (Å²) >= 11 is 0. The van der Waals surface area contributed by atoms with Gasteiger partial charge in [-0.3, -0.25) is 0 Å². The molecule has 3 nitrogen and oxygen atoms in total. The molecule has 0 saturated carbocycles. The van der Waals surface area contributed by atoms with Gasteiger partial charge in [0.25, 0.3) is 0 Å². The van der Waals surface area contributed by atoms with Crippen LogP contribution in [-0.2, 0) is 14.3 Å². The highest BCUT2D eigenvalue weighted by Gasteiger charge is 2.48. The van der Waals surface area contributed by atoms with Gasteiger partial charge in [0.2, 0.25) is 6.17 Å². The van der Waals surface area contributed by atoms with E-state index in [1.807, 2.05) is 0 Å². The van der Waals surface area contributed by atoms with Crippen LogP contribution < -0.4 is 0 Å². The summed E-state index contributed by atoms with van der Waals surface area (Å²) in [5.74, 6) is -0.748. The highest BCUT2D eigenvalue weighted by atomic mass is 19.4. The number of esters is 1. The van der Waals surface area contributed by atoms with E-state index in [4.69, 9.17) is 0 Å². The van der Waals surface area contributed by atoms with Crippen LogP contribution >= 0.6 is 0 Å². The molecular weight excluding hydrogens is 263 g/mol. The van der Waals surface area contributed by atoms with Gasteiger partial charge >= 0.3 is 12.1 Å². The smallest absolute Gasteiger partial charge is 0.422 e. The lowest BCUT2D eigenvalue weighted by Gasteiger charge is -2.22. The van der Waals surface area contributed by atoms with E-state index in [0.29, 0.717) is 0 Å². The maximum absolute atomic E-state index is 13.0. The molecule has 0 fully saturated rings. The van der Waals surface area contributed by atoms with Crippen LogP contribution in [-0.4, -0.2) is 43.8 Å². The maximum atomic E-state index is 13.0. The first-order valence-corrected chi connectivity index (χ1v) is 4.95. The van der Waals surface area contributed by atoms with Crippen LogP contribution in [0.2, 0.25) is 0 Å². The third kappa shape index (κ3) is 5.95. The van der Waals surface area contributed by atoms with Gasteiger partial charge in [0.1, 0.15) is 6.61 Å². The van der Waals surface area contributed by atoms with Crippen LogP contribution in [0.3, 0.4) is 0 Å². The molecule has 0 spiro atoms. The Kier molecular flexibility index (Phi) is 6.82. The Morgan fingerprint density at radius 1 is 1.33 bits per heavy atom. The number of hydrogen-bond acceptors (Lipinski definition) is 3. The van der Waals surface area contributed by atoms with Crippen molar-refractivity contribution in [2.24, 2.45) is 0 Å². The average molecular weight is 276 g/mol. The van der Waals surface area contributed by atoms with Crippen LogP contribution in [0.15, 0.2) is 12.7 Å². The standard InChI is InChI=1S/C10H13F5O3/c1-3-7(16)18-5-4-17-6(2)8(11)9(12)10(13,14)15/h3,6,8-9H,1,4-5H2,2H3. The van der Waals surface area contributed by atoms with E-state index in [1.54, 1.807) is 0 Å². The Morgan fingerprint density at radius 3 is 2.33 bits per heavy atom. The van der Waals surface area contributed by atoms with Gasteiger partial charge in [-0.05, 0) is 6.92 Å². The minimum Gasteiger partial charge on any atom is -0.460 e. The van der Waals surface area contributed by atoms with Gasteiger partial charge in [-0.25, -0.2) is 13.6 Å². The zero-order chi connectivity index (χ0) is 14.3. The van der Waals surface area contributed by atoms with E-state index in [1.165, 1.54) is 0 Å². The van der Waals surface area contributed by atoms with Gasteiger partial charge in [-0.1, -0.05) is 6.58 Å². The third-order valence-corrected chi connectivity index (χ3v) is 1.92. The lowest BCUT2D eigenvalue weighted by Crippen LogP contribution is -2.41. The van der Waals surface area contributed by atoms with Crippen molar-refractivity contribution in [2.75, 3.05) is 13.2 Å². The van der Waals surface area contributed by atoms with E-state index in [9.17, 15) is 26.7 Å². The molecule has 0 radical (unpaired) electrons. The van der Waals surface area contributed by atoms with Crippen LogP contribution in [0.4, 0.5) is 22.0 Å². The number of rotatable bonds is 7. The average Bonchev–Trinajstić information content (AvgIpc) is 2.30. The van der Waals surface area contributed by atoms with Gasteiger partial charge in [-0.15, -0.1) is 0 Å². The van der Waals surface area contributed by atoms with Crippen LogP contribution in [0, 0.1) is 0 Å². The van der Waals surface area contributed by atoms with Gasteiger partial charge < -0.3 is 9.47 Å². The van der Waals surface area contributed by atoms with Gasteiger partial charge in [-0.2, -0.15) is 13.2 Å². The second-order valence-electron chi connectivity index (χ2n) is 3.34. The summed E-state index contributed by atoms with van der Waals surface area (Å²) in [6.45, 7) is 3.43. The Hall–Kier alpha value is -1.18. The van der Waals surface area contributed by atoms with E-state index in [-0.39, 0.29) is 13.2 Å². The molecule has 0 aromatic carbocycles. The predicted molar refractivity (Wildman–Crippen MR) is 52.4 cm³/mol. The Bertz CT molecular complexity index is 279. The van der Waals surface area contributed by atoms with Crippen molar-refractivity contribution in [3.8, 4) is 0 Å². The number of carbonyl (C=O) groups excluding carboxylic acids is 1. The molecule has 0 aromatic heterocycles. The molecule has 0 amide bonds. The van der Waals surface area contributed by atoms with Crippen molar-refractivity contribution in [1.82, 2.24) is 0 Å². The first-order chi connectivity index (χ1) is 8.20. The Morgan fingerprint density at radius 2 is 1.89 bits per heavy atom. The van der Waals surface area contributed by atoms with E-state index in [0.717, 1.165) is 13.0 Å². The van der Waals surface area contributed by atoms with E-state index < -0.39 is 30.6 Å². The van der Waals surface area contributed by atoms with Gasteiger partial charge in [0.15, 0.2) is 6.17 Å². The van der Waals surface area contributed by atoms with Crippen molar-refractivity contribution >= 4 is 5.97 Å². The molecule has 106 valence electrons. The molecule has 8 heteroatoms. The molecule has 0 aliphatic rings. The highest BCUT2D eigenvalue weighted by Crippen LogP contribution is 2.28. The minimum atomic E-state index is -5.27. The SMILES string of the molecule is C=CC(=O)OCCOC(C)C(F)C(F)C(F)(F)F. The molecule has 0 aromatic rings. The number of carbonyl (C=O) groups is 1. The monoisotopic (exact) mass is 276 g/mol. The summed E-state index contributed by atoms with van der Waals surface area (Å²) in [4.78, 5) is 10.6. The molecule has 0 N–H and O–H groups in total. The fourth-order valence-corrected chi connectivity index (χ4v) is 0.946. The maximum Gasteiger partial charge on any atom is 0.422 e. The van der Waals surface area contributed by atoms with Crippen LogP contribution in [0.1, 0.15) is 6.92 Å². The molecule has 0 aliphatic heterocycles. The van der Waals surface area contributed by atoms with Crippen molar-refractivity contribution in [3.63, 3.8) is 0 Å². The summed E-state index contributed by atoms with van der Waals surface area (Å²) < 4.78 is 70.1. The normalized spacial score (nSPS) is 16.8. The molecule has 0 rings (SSSR count). The second-order valence-corrected chi connectivity index (χ2v) is 3.34. The molecular formula is C10H13F5O3. The third-order valence-electron chi connectivity index (χ3n) is 1.92. The minimum absolute atomic E-state index is 0.287. The van der Waals surface area contributed by atoms with Crippen molar-refractivity contribution < 1.29 is 36.2 Å². The molecule has 0 saturated heterocycles. The van der Waals surface area contributed by atoms with Gasteiger partial charge in [0.05, 0.1) is 12.7 Å². The second kappa shape index (κ2) is 7.30. The number of ether oxygens (including phenoxy) is 2. The summed E-state index contributed by atoms with van der Waals surface area (Å²) in [6, 6.07) is 0.